The Hall–Kier alpha value is -2.34. The van der Waals surface area contributed by atoms with Crippen molar-refractivity contribution in [3.05, 3.63) is 71.1 Å². The summed E-state index contributed by atoms with van der Waals surface area (Å²) in [5, 5.41) is 9.37. The van der Waals surface area contributed by atoms with Gasteiger partial charge in [-0.2, -0.15) is 0 Å². The Morgan fingerprint density at radius 3 is 2.69 bits per heavy atom. The van der Waals surface area contributed by atoms with Crippen LogP contribution in [0, 0.1) is 5.41 Å². The van der Waals surface area contributed by atoms with Gasteiger partial charge in [-0.25, -0.2) is 0 Å². The Bertz CT molecular complexity index is 735. The van der Waals surface area contributed by atoms with Crippen molar-refractivity contribution < 1.29 is 9.53 Å². The molecular formula is C20H25N3O2S. The second kappa shape index (κ2) is 7.91. The number of allylic oxidation sites excluding steroid dienone is 2. The van der Waals surface area contributed by atoms with E-state index in [0.29, 0.717) is 6.42 Å². The van der Waals surface area contributed by atoms with Gasteiger partial charge in [0, 0.05) is 22.7 Å². The smallest absolute Gasteiger partial charge is 0.226 e. The van der Waals surface area contributed by atoms with Crippen molar-refractivity contribution in [2.24, 2.45) is 5.41 Å². The van der Waals surface area contributed by atoms with Gasteiger partial charge in [0.05, 0.1) is 6.42 Å². The molecule has 0 aromatic heterocycles. The van der Waals surface area contributed by atoms with E-state index in [0.717, 1.165) is 16.2 Å². The molecule has 138 valence electrons. The lowest BCUT2D eigenvalue weighted by Crippen LogP contribution is -2.39. The molecule has 0 saturated heterocycles. The number of nitrogens with one attached hydrogen (secondary N) is 3. The summed E-state index contributed by atoms with van der Waals surface area (Å²) in [7, 11) is 0. The Morgan fingerprint density at radius 1 is 1.23 bits per heavy atom. The third-order valence-electron chi connectivity index (χ3n) is 3.94. The highest BCUT2D eigenvalue weighted by atomic mass is 32.2. The Morgan fingerprint density at radius 2 is 2.00 bits per heavy atom. The quantitative estimate of drug-likeness (QED) is 0.742. The zero-order valence-electron chi connectivity index (χ0n) is 15.3. The SMILES string of the molecule is CC(C)(C)C1=CNC(/C=C\C2=CNC(NC(=O)Cc3ccccc3)S2)O1. The summed E-state index contributed by atoms with van der Waals surface area (Å²) in [6.45, 7) is 6.36. The average molecular weight is 372 g/mol. The zero-order valence-corrected chi connectivity index (χ0v) is 16.1. The third kappa shape index (κ3) is 5.08. The average Bonchev–Trinajstić information content (AvgIpc) is 3.22. The van der Waals surface area contributed by atoms with Crippen molar-refractivity contribution in [2.75, 3.05) is 0 Å². The molecule has 1 amide bonds. The molecule has 0 radical (unpaired) electrons. The van der Waals surface area contributed by atoms with Crippen molar-refractivity contribution in [2.45, 2.75) is 38.9 Å². The summed E-state index contributed by atoms with van der Waals surface area (Å²) in [5.41, 5.74) is 0.853. The monoisotopic (exact) mass is 371 g/mol. The number of hydrogen-bond acceptors (Lipinski definition) is 5. The van der Waals surface area contributed by atoms with Crippen LogP contribution in [-0.2, 0) is 16.0 Å². The second-order valence-corrected chi connectivity index (χ2v) is 8.44. The van der Waals surface area contributed by atoms with Crippen LogP contribution in [0.15, 0.2) is 65.5 Å². The van der Waals surface area contributed by atoms with E-state index < -0.39 is 0 Å². The van der Waals surface area contributed by atoms with Crippen LogP contribution in [0.1, 0.15) is 26.3 Å². The molecule has 3 rings (SSSR count). The van der Waals surface area contributed by atoms with Crippen LogP contribution in [0.4, 0.5) is 0 Å². The summed E-state index contributed by atoms with van der Waals surface area (Å²) >= 11 is 1.57. The van der Waals surface area contributed by atoms with Gasteiger partial charge in [-0.15, -0.1) is 0 Å². The molecule has 1 aromatic rings. The minimum absolute atomic E-state index is 0.000332. The van der Waals surface area contributed by atoms with Crippen LogP contribution in [0.25, 0.3) is 0 Å². The Labute approximate surface area is 159 Å². The van der Waals surface area contributed by atoms with E-state index >= 15 is 0 Å². The lowest BCUT2D eigenvalue weighted by molar-refractivity contribution is -0.120. The maximum atomic E-state index is 12.1. The van der Waals surface area contributed by atoms with Gasteiger partial charge in [-0.05, 0) is 17.7 Å². The number of rotatable bonds is 5. The predicted octanol–water partition coefficient (Wildman–Crippen LogP) is 3.20. The van der Waals surface area contributed by atoms with Gasteiger partial charge in [-0.3, -0.25) is 4.79 Å². The van der Waals surface area contributed by atoms with Crippen molar-refractivity contribution in [3.8, 4) is 0 Å². The number of hydrogen-bond donors (Lipinski definition) is 3. The first-order valence-corrected chi connectivity index (χ1v) is 9.56. The van der Waals surface area contributed by atoms with Crippen LogP contribution in [0.3, 0.4) is 0 Å². The normalized spacial score (nSPS) is 22.3. The van der Waals surface area contributed by atoms with Crippen molar-refractivity contribution in [3.63, 3.8) is 0 Å². The van der Waals surface area contributed by atoms with Gasteiger partial charge in [0.2, 0.25) is 5.91 Å². The zero-order chi connectivity index (χ0) is 18.6. The number of ether oxygens (including phenoxy) is 1. The maximum Gasteiger partial charge on any atom is 0.226 e. The lowest BCUT2D eigenvalue weighted by Gasteiger charge is -2.20. The molecule has 6 heteroatoms. The predicted molar refractivity (Wildman–Crippen MR) is 106 cm³/mol. The number of benzene rings is 1. The molecule has 0 bridgehead atoms. The van der Waals surface area contributed by atoms with E-state index in [1.807, 2.05) is 54.9 Å². The Kier molecular flexibility index (Phi) is 5.61. The van der Waals surface area contributed by atoms with Crippen LogP contribution in [0.2, 0.25) is 0 Å². The number of carbonyl (C=O) groups excluding carboxylic acids is 1. The van der Waals surface area contributed by atoms with Gasteiger partial charge < -0.3 is 20.7 Å². The van der Waals surface area contributed by atoms with Crippen LogP contribution >= 0.6 is 11.8 Å². The van der Waals surface area contributed by atoms with Crippen molar-refractivity contribution in [1.82, 2.24) is 16.0 Å². The van der Waals surface area contributed by atoms with Crippen molar-refractivity contribution in [1.29, 1.82) is 0 Å². The van der Waals surface area contributed by atoms with Gasteiger partial charge in [0.25, 0.3) is 0 Å². The first-order chi connectivity index (χ1) is 12.4. The third-order valence-corrected chi connectivity index (χ3v) is 4.95. The molecule has 0 fully saturated rings. The van der Waals surface area contributed by atoms with Crippen molar-refractivity contribution >= 4 is 17.7 Å². The lowest BCUT2D eigenvalue weighted by atomic mass is 9.95. The molecule has 2 aliphatic heterocycles. The van der Waals surface area contributed by atoms with E-state index in [2.05, 4.69) is 36.7 Å². The molecule has 2 unspecified atom stereocenters. The number of thioether (sulfide) groups is 1. The summed E-state index contributed by atoms with van der Waals surface area (Å²) in [6, 6.07) is 9.73. The summed E-state index contributed by atoms with van der Waals surface area (Å²) < 4.78 is 5.88. The first kappa shape index (κ1) is 18.5. The highest BCUT2D eigenvalue weighted by Gasteiger charge is 2.26. The molecule has 0 saturated carbocycles. The second-order valence-electron chi connectivity index (χ2n) is 7.26. The van der Waals surface area contributed by atoms with E-state index in [1.165, 1.54) is 0 Å². The Balaban J connectivity index is 1.42. The van der Waals surface area contributed by atoms with Gasteiger partial charge in [0.1, 0.15) is 5.76 Å². The van der Waals surface area contributed by atoms with E-state index in [4.69, 9.17) is 4.74 Å². The topological polar surface area (TPSA) is 62.4 Å². The fourth-order valence-electron chi connectivity index (χ4n) is 2.53. The van der Waals surface area contributed by atoms with E-state index in [9.17, 15) is 4.79 Å². The van der Waals surface area contributed by atoms with Gasteiger partial charge in [-0.1, -0.05) is 62.9 Å². The highest BCUT2D eigenvalue weighted by Crippen LogP contribution is 2.30. The molecule has 1 aromatic carbocycles. The first-order valence-electron chi connectivity index (χ1n) is 8.68. The minimum Gasteiger partial charge on any atom is -0.469 e. The molecule has 3 N–H and O–H groups in total. The van der Waals surface area contributed by atoms with Crippen LogP contribution < -0.4 is 16.0 Å². The van der Waals surface area contributed by atoms with Gasteiger partial charge >= 0.3 is 0 Å². The molecule has 0 aliphatic carbocycles. The van der Waals surface area contributed by atoms with Crippen LogP contribution in [0.5, 0.6) is 0 Å². The fraction of sp³-hybridized carbons (Fsp3) is 0.350. The molecule has 2 heterocycles. The number of amides is 1. The minimum atomic E-state index is -0.155. The van der Waals surface area contributed by atoms with E-state index in [-0.39, 0.29) is 23.0 Å². The molecule has 2 aliphatic rings. The molecule has 2 atom stereocenters. The molecule has 0 spiro atoms. The maximum absolute atomic E-state index is 12.1. The molecule has 5 nitrogen and oxygen atoms in total. The van der Waals surface area contributed by atoms with E-state index in [1.54, 1.807) is 11.8 Å². The summed E-state index contributed by atoms with van der Waals surface area (Å²) in [6.07, 6.45) is 8.03. The highest BCUT2D eigenvalue weighted by molar-refractivity contribution is 8.04. The fourth-order valence-corrected chi connectivity index (χ4v) is 3.42. The summed E-state index contributed by atoms with van der Waals surface area (Å²) in [4.78, 5) is 13.2. The summed E-state index contributed by atoms with van der Waals surface area (Å²) in [5.74, 6) is 0.948. The molecular weight excluding hydrogens is 346 g/mol. The molecule has 26 heavy (non-hydrogen) atoms. The van der Waals surface area contributed by atoms with Gasteiger partial charge in [0.15, 0.2) is 11.7 Å². The van der Waals surface area contributed by atoms with Crippen LogP contribution in [-0.4, -0.2) is 17.6 Å². The number of carbonyl (C=O) groups is 1. The standard InChI is InChI=1S/C20H25N3O2S/c1-20(2,3)16-13-21-18(25-16)10-9-15-12-22-19(26-15)23-17(24)11-14-7-5-4-6-8-14/h4-10,12-13,18-19,21-22H,11H2,1-3H3,(H,23,24)/b10-9-. The largest absolute Gasteiger partial charge is 0.469 e.